The number of benzene rings is 1. The Bertz CT molecular complexity index is 695. The number of ether oxygens (including phenoxy) is 1. The van der Waals surface area contributed by atoms with Crippen LogP contribution in [0, 0.1) is 13.8 Å². The van der Waals surface area contributed by atoms with E-state index in [1.165, 1.54) is 0 Å². The molecule has 6 nitrogen and oxygen atoms in total. The fourth-order valence-electron chi connectivity index (χ4n) is 1.68. The standard InChI is InChI=1S/C14H15N3O3S/c1-8-4-5-10(6-11(8)20-3)7-12(13(18)19)21-14-15-9(2)16-17-14/h4-7H,1-3H3,(H,18,19)(H,15,16,17). The maximum absolute atomic E-state index is 11.4. The Kier molecular flexibility index (Phi) is 4.64. The van der Waals surface area contributed by atoms with E-state index in [2.05, 4.69) is 15.2 Å². The largest absolute Gasteiger partial charge is 0.496 e. The number of aryl methyl sites for hydroxylation is 2. The maximum atomic E-state index is 11.4. The summed E-state index contributed by atoms with van der Waals surface area (Å²) >= 11 is 0.997. The molecule has 0 aliphatic heterocycles. The van der Waals surface area contributed by atoms with Crippen LogP contribution in [0.4, 0.5) is 0 Å². The van der Waals surface area contributed by atoms with Crippen LogP contribution in [0.2, 0.25) is 0 Å². The summed E-state index contributed by atoms with van der Waals surface area (Å²) in [5.41, 5.74) is 1.73. The first-order chi connectivity index (χ1) is 9.99. The van der Waals surface area contributed by atoms with Crippen molar-refractivity contribution in [3.8, 4) is 5.75 Å². The van der Waals surface area contributed by atoms with E-state index in [4.69, 9.17) is 4.74 Å². The highest BCUT2D eigenvalue weighted by Crippen LogP contribution is 2.27. The van der Waals surface area contributed by atoms with Gasteiger partial charge in [-0.25, -0.2) is 9.78 Å². The van der Waals surface area contributed by atoms with Crippen LogP contribution in [0.3, 0.4) is 0 Å². The molecular formula is C14H15N3O3S. The first-order valence-corrected chi connectivity index (χ1v) is 6.97. The molecule has 0 bridgehead atoms. The van der Waals surface area contributed by atoms with Crippen molar-refractivity contribution in [2.45, 2.75) is 19.0 Å². The molecule has 2 aromatic rings. The first kappa shape index (κ1) is 15.1. The number of aromatic nitrogens is 3. The van der Waals surface area contributed by atoms with E-state index in [0.717, 1.165) is 22.9 Å². The zero-order valence-corrected chi connectivity index (χ0v) is 12.7. The average molecular weight is 305 g/mol. The Morgan fingerprint density at radius 2 is 2.19 bits per heavy atom. The monoisotopic (exact) mass is 305 g/mol. The summed E-state index contributed by atoms with van der Waals surface area (Å²) in [5, 5.41) is 16.3. The molecule has 0 fully saturated rings. The number of nitrogens with zero attached hydrogens (tertiary/aromatic N) is 2. The Morgan fingerprint density at radius 1 is 1.43 bits per heavy atom. The SMILES string of the molecule is COc1cc(C=C(Sc2n[nH]c(C)n2)C(=O)O)ccc1C. The number of hydrogen-bond acceptors (Lipinski definition) is 5. The second kappa shape index (κ2) is 6.45. The summed E-state index contributed by atoms with van der Waals surface area (Å²) in [4.78, 5) is 15.6. The topological polar surface area (TPSA) is 88.1 Å². The molecule has 0 aliphatic rings. The Morgan fingerprint density at radius 3 is 2.76 bits per heavy atom. The van der Waals surface area contributed by atoms with Crippen molar-refractivity contribution in [3.05, 3.63) is 40.1 Å². The molecule has 7 heteroatoms. The smallest absolute Gasteiger partial charge is 0.342 e. The van der Waals surface area contributed by atoms with Crippen LogP contribution < -0.4 is 4.74 Å². The third-order valence-electron chi connectivity index (χ3n) is 2.72. The molecule has 1 aromatic heterocycles. The molecule has 21 heavy (non-hydrogen) atoms. The van der Waals surface area contributed by atoms with E-state index in [1.807, 2.05) is 19.1 Å². The van der Waals surface area contributed by atoms with Crippen molar-refractivity contribution >= 4 is 23.8 Å². The van der Waals surface area contributed by atoms with E-state index in [-0.39, 0.29) is 4.91 Å². The molecule has 0 saturated carbocycles. The second-order valence-electron chi connectivity index (χ2n) is 4.35. The van der Waals surface area contributed by atoms with Crippen LogP contribution in [0.15, 0.2) is 28.3 Å². The number of hydrogen-bond donors (Lipinski definition) is 2. The molecule has 2 rings (SSSR count). The lowest BCUT2D eigenvalue weighted by Crippen LogP contribution is -1.97. The molecule has 0 aliphatic carbocycles. The van der Waals surface area contributed by atoms with Crippen LogP contribution in [0.1, 0.15) is 17.0 Å². The number of thioether (sulfide) groups is 1. The summed E-state index contributed by atoms with van der Waals surface area (Å²) < 4.78 is 5.24. The fraction of sp³-hybridized carbons (Fsp3) is 0.214. The number of carboxylic acids is 1. The van der Waals surface area contributed by atoms with E-state index < -0.39 is 5.97 Å². The van der Waals surface area contributed by atoms with E-state index in [1.54, 1.807) is 26.2 Å². The van der Waals surface area contributed by atoms with Gasteiger partial charge in [0.2, 0.25) is 5.16 Å². The van der Waals surface area contributed by atoms with Gasteiger partial charge < -0.3 is 9.84 Å². The molecule has 0 amide bonds. The van der Waals surface area contributed by atoms with Gasteiger partial charge in [-0.1, -0.05) is 12.1 Å². The van der Waals surface area contributed by atoms with Crippen LogP contribution in [-0.4, -0.2) is 33.4 Å². The predicted molar refractivity (Wildman–Crippen MR) is 80.3 cm³/mol. The van der Waals surface area contributed by atoms with Crippen molar-refractivity contribution in [2.75, 3.05) is 7.11 Å². The molecule has 1 heterocycles. The minimum Gasteiger partial charge on any atom is -0.496 e. The maximum Gasteiger partial charge on any atom is 0.342 e. The van der Waals surface area contributed by atoms with Crippen molar-refractivity contribution in [3.63, 3.8) is 0 Å². The van der Waals surface area contributed by atoms with Crippen LogP contribution in [-0.2, 0) is 4.79 Å². The van der Waals surface area contributed by atoms with E-state index >= 15 is 0 Å². The normalized spacial score (nSPS) is 11.5. The van der Waals surface area contributed by atoms with Gasteiger partial charge in [-0.05, 0) is 48.9 Å². The van der Waals surface area contributed by atoms with Crippen LogP contribution in [0.5, 0.6) is 5.75 Å². The number of H-pyrrole nitrogens is 1. The lowest BCUT2D eigenvalue weighted by Gasteiger charge is -2.06. The first-order valence-electron chi connectivity index (χ1n) is 6.16. The fourth-order valence-corrected chi connectivity index (χ4v) is 2.43. The number of aliphatic carboxylic acids is 1. The molecule has 1 aromatic carbocycles. The van der Waals surface area contributed by atoms with Gasteiger partial charge in [0.1, 0.15) is 16.5 Å². The zero-order valence-electron chi connectivity index (χ0n) is 11.9. The number of carboxylic acid groups (broad SMARTS) is 1. The highest BCUT2D eigenvalue weighted by atomic mass is 32.2. The Balaban J connectivity index is 2.31. The minimum atomic E-state index is -1.03. The van der Waals surface area contributed by atoms with E-state index in [9.17, 15) is 9.90 Å². The molecule has 0 radical (unpaired) electrons. The third-order valence-corrected chi connectivity index (χ3v) is 3.60. The van der Waals surface area contributed by atoms with Gasteiger partial charge in [-0.15, -0.1) is 5.10 Å². The molecular weight excluding hydrogens is 290 g/mol. The molecule has 2 N–H and O–H groups in total. The van der Waals surface area contributed by atoms with Gasteiger partial charge in [0.25, 0.3) is 0 Å². The molecule has 0 atom stereocenters. The molecule has 110 valence electrons. The summed E-state index contributed by atoms with van der Waals surface area (Å²) in [6, 6.07) is 5.51. The average Bonchev–Trinajstić information content (AvgIpc) is 2.85. The van der Waals surface area contributed by atoms with Crippen molar-refractivity contribution < 1.29 is 14.6 Å². The summed E-state index contributed by atoms with van der Waals surface area (Å²) in [5.74, 6) is 0.327. The molecule has 0 unspecified atom stereocenters. The second-order valence-corrected chi connectivity index (χ2v) is 5.36. The predicted octanol–water partition coefficient (Wildman–Crippen LogP) is 2.65. The third kappa shape index (κ3) is 3.85. The zero-order chi connectivity index (χ0) is 15.4. The van der Waals surface area contributed by atoms with Gasteiger partial charge in [-0.3, -0.25) is 5.10 Å². The van der Waals surface area contributed by atoms with Crippen molar-refractivity contribution in [1.29, 1.82) is 0 Å². The number of aromatic amines is 1. The van der Waals surface area contributed by atoms with Gasteiger partial charge in [-0.2, -0.15) is 0 Å². The van der Waals surface area contributed by atoms with Gasteiger partial charge >= 0.3 is 5.97 Å². The van der Waals surface area contributed by atoms with E-state index in [0.29, 0.717) is 16.7 Å². The van der Waals surface area contributed by atoms with Crippen molar-refractivity contribution in [1.82, 2.24) is 15.2 Å². The Labute approximate surface area is 126 Å². The number of nitrogens with one attached hydrogen (secondary N) is 1. The van der Waals surface area contributed by atoms with Gasteiger partial charge in [0, 0.05) is 0 Å². The minimum absolute atomic E-state index is 0.139. The van der Waals surface area contributed by atoms with Gasteiger partial charge in [0.05, 0.1) is 7.11 Å². The molecule has 0 spiro atoms. The lowest BCUT2D eigenvalue weighted by atomic mass is 10.1. The van der Waals surface area contributed by atoms with Crippen LogP contribution >= 0.6 is 11.8 Å². The highest BCUT2D eigenvalue weighted by molar-refractivity contribution is 8.04. The van der Waals surface area contributed by atoms with Gasteiger partial charge in [0.15, 0.2) is 0 Å². The van der Waals surface area contributed by atoms with Crippen LogP contribution in [0.25, 0.3) is 6.08 Å². The summed E-state index contributed by atoms with van der Waals surface area (Å²) in [6.07, 6.45) is 1.57. The number of methoxy groups -OCH3 is 1. The summed E-state index contributed by atoms with van der Waals surface area (Å²) in [7, 11) is 1.58. The Hall–Kier alpha value is -2.28. The number of rotatable bonds is 5. The lowest BCUT2D eigenvalue weighted by molar-refractivity contribution is -0.131. The highest BCUT2D eigenvalue weighted by Gasteiger charge is 2.13. The summed E-state index contributed by atoms with van der Waals surface area (Å²) in [6.45, 7) is 3.68. The number of carbonyl (C=O) groups is 1. The molecule has 0 saturated heterocycles. The van der Waals surface area contributed by atoms with Crippen molar-refractivity contribution in [2.24, 2.45) is 0 Å². The quantitative estimate of drug-likeness (QED) is 0.652.